The molecule has 0 spiro atoms. The molecule has 4 heteroatoms. The van der Waals surface area contributed by atoms with Gasteiger partial charge in [0.25, 0.3) is 0 Å². The summed E-state index contributed by atoms with van der Waals surface area (Å²) < 4.78 is 0. The summed E-state index contributed by atoms with van der Waals surface area (Å²) in [6, 6.07) is 10.0. The molecule has 0 bridgehead atoms. The average molecular weight is 283 g/mol. The molecule has 1 fully saturated rings. The molecule has 1 aromatic carbocycles. The van der Waals surface area contributed by atoms with Crippen molar-refractivity contribution in [3.8, 4) is 0 Å². The van der Waals surface area contributed by atoms with Crippen molar-refractivity contribution in [1.82, 2.24) is 10.3 Å². The third kappa shape index (κ3) is 2.63. The standard InChI is InChI=1S/C17H21N3O/c1-3-18-14-7-5-11-20(17(14)21)15-8-4-6-13-10-9-12(2)19-16(13)15/h4,6,8-10,14,18H,3,5,7,11H2,1-2H3. The molecule has 0 radical (unpaired) electrons. The van der Waals surface area contributed by atoms with Crippen molar-refractivity contribution in [2.75, 3.05) is 18.0 Å². The molecule has 21 heavy (non-hydrogen) atoms. The maximum Gasteiger partial charge on any atom is 0.244 e. The van der Waals surface area contributed by atoms with Gasteiger partial charge in [0, 0.05) is 17.6 Å². The Morgan fingerprint density at radius 2 is 2.19 bits per heavy atom. The first-order valence-electron chi connectivity index (χ1n) is 7.62. The Balaban J connectivity index is 2.03. The highest BCUT2D eigenvalue weighted by molar-refractivity contribution is 6.04. The van der Waals surface area contributed by atoms with E-state index < -0.39 is 0 Å². The molecule has 110 valence electrons. The summed E-state index contributed by atoms with van der Waals surface area (Å²) in [4.78, 5) is 19.2. The van der Waals surface area contributed by atoms with Gasteiger partial charge in [-0.15, -0.1) is 0 Å². The van der Waals surface area contributed by atoms with Crippen molar-refractivity contribution in [1.29, 1.82) is 0 Å². The van der Waals surface area contributed by atoms with Gasteiger partial charge in [0.05, 0.1) is 17.2 Å². The summed E-state index contributed by atoms with van der Waals surface area (Å²) >= 11 is 0. The molecule has 4 nitrogen and oxygen atoms in total. The van der Waals surface area contributed by atoms with Gasteiger partial charge in [-0.2, -0.15) is 0 Å². The number of benzene rings is 1. The highest BCUT2D eigenvalue weighted by atomic mass is 16.2. The van der Waals surface area contributed by atoms with E-state index >= 15 is 0 Å². The van der Waals surface area contributed by atoms with Crippen LogP contribution in [0.4, 0.5) is 5.69 Å². The molecule has 1 aliphatic heterocycles. The Morgan fingerprint density at radius 3 is 3.00 bits per heavy atom. The van der Waals surface area contributed by atoms with Crippen LogP contribution < -0.4 is 10.2 Å². The molecule has 0 saturated carbocycles. The fourth-order valence-electron chi connectivity index (χ4n) is 3.00. The van der Waals surface area contributed by atoms with Gasteiger partial charge in [-0.1, -0.05) is 25.1 Å². The predicted octanol–water partition coefficient (Wildman–Crippen LogP) is 2.65. The molecular formula is C17H21N3O. The zero-order chi connectivity index (χ0) is 14.8. The van der Waals surface area contributed by atoms with Crippen LogP contribution in [0, 0.1) is 6.92 Å². The number of carbonyl (C=O) groups is 1. The molecule has 1 aliphatic rings. The van der Waals surface area contributed by atoms with E-state index in [1.165, 1.54) is 0 Å². The number of aromatic nitrogens is 1. The summed E-state index contributed by atoms with van der Waals surface area (Å²) in [5.41, 5.74) is 2.83. The van der Waals surface area contributed by atoms with Crippen LogP contribution in [0.2, 0.25) is 0 Å². The van der Waals surface area contributed by atoms with E-state index in [1.807, 2.05) is 43.0 Å². The minimum atomic E-state index is -0.0659. The molecule has 1 unspecified atom stereocenters. The first-order valence-corrected chi connectivity index (χ1v) is 7.62. The SMILES string of the molecule is CCNC1CCCN(c2cccc3ccc(C)nc23)C1=O. The van der Waals surface area contributed by atoms with Gasteiger partial charge in [-0.05, 0) is 38.4 Å². The number of hydrogen-bond donors (Lipinski definition) is 1. The third-order valence-electron chi connectivity index (χ3n) is 4.02. The number of anilines is 1. The van der Waals surface area contributed by atoms with Crippen LogP contribution in [0.5, 0.6) is 0 Å². The smallest absolute Gasteiger partial charge is 0.244 e. The molecule has 1 atom stereocenters. The Kier molecular flexibility index (Phi) is 3.88. The molecular weight excluding hydrogens is 262 g/mol. The summed E-state index contributed by atoms with van der Waals surface area (Å²) in [7, 11) is 0. The molecule has 2 heterocycles. The molecule has 2 aromatic rings. The van der Waals surface area contributed by atoms with Crippen LogP contribution in [0.25, 0.3) is 10.9 Å². The van der Waals surface area contributed by atoms with Crippen LogP contribution in [0.15, 0.2) is 30.3 Å². The lowest BCUT2D eigenvalue weighted by Crippen LogP contribution is -2.50. The second-order valence-corrected chi connectivity index (χ2v) is 5.54. The number of hydrogen-bond acceptors (Lipinski definition) is 3. The van der Waals surface area contributed by atoms with Crippen molar-refractivity contribution in [3.63, 3.8) is 0 Å². The van der Waals surface area contributed by atoms with Gasteiger partial charge in [0.15, 0.2) is 0 Å². The zero-order valence-corrected chi connectivity index (χ0v) is 12.6. The van der Waals surface area contributed by atoms with Crippen molar-refractivity contribution in [3.05, 3.63) is 36.0 Å². The number of likely N-dealkylation sites (N-methyl/N-ethyl adjacent to an activating group) is 1. The summed E-state index contributed by atoms with van der Waals surface area (Å²) in [5, 5.41) is 4.36. The van der Waals surface area contributed by atoms with E-state index in [0.29, 0.717) is 0 Å². The van der Waals surface area contributed by atoms with Gasteiger partial charge in [-0.3, -0.25) is 9.78 Å². The molecule has 1 aromatic heterocycles. The van der Waals surface area contributed by atoms with E-state index in [1.54, 1.807) is 0 Å². The van der Waals surface area contributed by atoms with Gasteiger partial charge < -0.3 is 10.2 Å². The molecule has 3 rings (SSSR count). The zero-order valence-electron chi connectivity index (χ0n) is 12.6. The van der Waals surface area contributed by atoms with Crippen molar-refractivity contribution in [2.45, 2.75) is 32.7 Å². The average Bonchev–Trinajstić information content (AvgIpc) is 2.49. The minimum Gasteiger partial charge on any atom is -0.309 e. The molecule has 1 amide bonds. The van der Waals surface area contributed by atoms with E-state index in [0.717, 1.165) is 48.2 Å². The van der Waals surface area contributed by atoms with Gasteiger partial charge in [0.2, 0.25) is 5.91 Å². The fourth-order valence-corrected chi connectivity index (χ4v) is 3.00. The number of carbonyl (C=O) groups excluding carboxylic acids is 1. The van der Waals surface area contributed by atoms with Crippen molar-refractivity contribution in [2.24, 2.45) is 0 Å². The maximum atomic E-state index is 12.7. The van der Waals surface area contributed by atoms with Gasteiger partial charge in [-0.25, -0.2) is 0 Å². The topological polar surface area (TPSA) is 45.2 Å². The lowest BCUT2D eigenvalue weighted by molar-refractivity contribution is -0.121. The molecule has 0 aliphatic carbocycles. The van der Waals surface area contributed by atoms with Gasteiger partial charge in [0.1, 0.15) is 0 Å². The number of pyridine rings is 1. The van der Waals surface area contributed by atoms with Crippen LogP contribution >= 0.6 is 0 Å². The Bertz CT molecular complexity index is 666. The van der Waals surface area contributed by atoms with E-state index in [4.69, 9.17) is 0 Å². The Hall–Kier alpha value is -1.94. The largest absolute Gasteiger partial charge is 0.309 e. The van der Waals surface area contributed by atoms with E-state index in [9.17, 15) is 4.79 Å². The van der Waals surface area contributed by atoms with E-state index in [2.05, 4.69) is 16.4 Å². The summed E-state index contributed by atoms with van der Waals surface area (Å²) in [6.07, 6.45) is 1.94. The highest BCUT2D eigenvalue weighted by Crippen LogP contribution is 2.28. The number of fused-ring (bicyclic) bond motifs is 1. The lowest BCUT2D eigenvalue weighted by atomic mass is 10.0. The number of aryl methyl sites for hydroxylation is 1. The third-order valence-corrected chi connectivity index (χ3v) is 4.02. The first kappa shape index (κ1) is 14.0. The first-order chi connectivity index (χ1) is 10.2. The predicted molar refractivity (Wildman–Crippen MR) is 85.5 cm³/mol. The van der Waals surface area contributed by atoms with Crippen LogP contribution in [0.3, 0.4) is 0 Å². The highest BCUT2D eigenvalue weighted by Gasteiger charge is 2.29. The summed E-state index contributed by atoms with van der Waals surface area (Å²) in [5.74, 6) is 0.166. The number of nitrogens with one attached hydrogen (secondary N) is 1. The number of piperidine rings is 1. The Labute approximate surface area is 125 Å². The fraction of sp³-hybridized carbons (Fsp3) is 0.412. The summed E-state index contributed by atoms with van der Waals surface area (Å²) in [6.45, 7) is 5.61. The van der Waals surface area contributed by atoms with Gasteiger partial charge >= 0.3 is 0 Å². The molecule has 1 saturated heterocycles. The second kappa shape index (κ2) is 5.82. The number of rotatable bonds is 3. The van der Waals surface area contributed by atoms with Crippen molar-refractivity contribution < 1.29 is 4.79 Å². The monoisotopic (exact) mass is 283 g/mol. The minimum absolute atomic E-state index is 0.0659. The van der Waals surface area contributed by atoms with Crippen molar-refractivity contribution >= 4 is 22.5 Å². The number of amides is 1. The lowest BCUT2D eigenvalue weighted by Gasteiger charge is -2.33. The quantitative estimate of drug-likeness (QED) is 0.942. The van der Waals surface area contributed by atoms with Crippen LogP contribution in [0.1, 0.15) is 25.5 Å². The van der Waals surface area contributed by atoms with E-state index in [-0.39, 0.29) is 11.9 Å². The Morgan fingerprint density at radius 1 is 1.33 bits per heavy atom. The maximum absolute atomic E-state index is 12.7. The van der Waals surface area contributed by atoms with Crippen LogP contribution in [-0.4, -0.2) is 30.0 Å². The normalized spacial score (nSPS) is 19.2. The second-order valence-electron chi connectivity index (χ2n) is 5.54. The molecule has 1 N–H and O–H groups in total. The number of para-hydroxylation sites is 1. The van der Waals surface area contributed by atoms with Crippen LogP contribution in [-0.2, 0) is 4.79 Å². The number of nitrogens with zero attached hydrogens (tertiary/aromatic N) is 2.